The summed E-state index contributed by atoms with van der Waals surface area (Å²) in [5.74, 6) is 2.77. The van der Waals surface area contributed by atoms with Gasteiger partial charge in [-0.3, -0.25) is 4.21 Å². The molecule has 1 unspecified atom stereocenters. The van der Waals surface area contributed by atoms with Crippen LogP contribution in [0.15, 0.2) is 12.2 Å². The number of esters is 1. The van der Waals surface area contributed by atoms with Gasteiger partial charge in [0, 0.05) is 17.7 Å². The van der Waals surface area contributed by atoms with Crippen LogP contribution < -0.4 is 0 Å². The first kappa shape index (κ1) is 17.2. The summed E-state index contributed by atoms with van der Waals surface area (Å²) in [5, 5.41) is 0. The van der Waals surface area contributed by atoms with Gasteiger partial charge in [0.15, 0.2) is 0 Å². The minimum atomic E-state index is -3.15. The monoisotopic (exact) mass is 277 g/mol. The van der Waals surface area contributed by atoms with Crippen molar-refractivity contribution >= 4 is 21.6 Å². The molecule has 106 valence electrons. The molecule has 0 amide bonds. The van der Waals surface area contributed by atoms with E-state index in [1.165, 1.54) is 0 Å². The normalized spacial score (nSPS) is 14.9. The maximum absolute atomic E-state index is 11.2. The predicted molar refractivity (Wildman–Crippen MR) is 73.1 cm³/mol. The van der Waals surface area contributed by atoms with Crippen molar-refractivity contribution in [2.75, 3.05) is 39.5 Å². The minimum absolute atomic E-state index is 0.0836. The van der Waals surface area contributed by atoms with Crippen LogP contribution in [0.25, 0.3) is 0 Å². The highest BCUT2D eigenvalue weighted by atomic mass is 32.2. The van der Waals surface area contributed by atoms with Crippen LogP contribution in [-0.2, 0) is 19.3 Å². The molecule has 0 spiro atoms. The zero-order valence-corrected chi connectivity index (χ0v) is 12.3. The number of rotatable bonds is 8. The van der Waals surface area contributed by atoms with Gasteiger partial charge in [0.2, 0.25) is 0 Å². The van der Waals surface area contributed by atoms with Crippen LogP contribution in [0.3, 0.4) is 0 Å². The fraction of sp³-hybridized carbons (Fsp3) is 0.667. The topological polar surface area (TPSA) is 66.4 Å². The van der Waals surface area contributed by atoms with E-state index in [1.54, 1.807) is 6.92 Å². The molecule has 1 atom stereocenters. The first-order chi connectivity index (χ1) is 8.03. The van der Waals surface area contributed by atoms with Crippen LogP contribution in [0.2, 0.25) is 0 Å². The Morgan fingerprint density at radius 3 is 2.39 bits per heavy atom. The van der Waals surface area contributed by atoms with Crippen LogP contribution in [0.4, 0.5) is 0 Å². The molecule has 0 fully saturated rings. The summed E-state index contributed by atoms with van der Waals surface area (Å²) in [4.78, 5) is 11.2. The molecule has 6 heteroatoms. The van der Waals surface area contributed by atoms with E-state index in [9.17, 15) is 13.6 Å². The van der Waals surface area contributed by atoms with Gasteiger partial charge < -0.3 is 13.8 Å². The Morgan fingerprint density at radius 1 is 1.39 bits per heavy atom. The number of quaternary nitrogens is 1. The van der Waals surface area contributed by atoms with E-state index in [-0.39, 0.29) is 5.75 Å². The van der Waals surface area contributed by atoms with Crippen LogP contribution in [0, 0.1) is 0 Å². The van der Waals surface area contributed by atoms with Crippen LogP contribution in [-0.4, -0.2) is 64.6 Å². The predicted octanol–water partition coefficient (Wildman–Crippen LogP) is 0.419. The van der Waals surface area contributed by atoms with Crippen molar-refractivity contribution in [1.29, 1.82) is 0 Å². The average Bonchev–Trinajstić information content (AvgIpc) is 2.14. The fourth-order valence-corrected chi connectivity index (χ4v) is 1.90. The van der Waals surface area contributed by atoms with Crippen molar-refractivity contribution in [2.45, 2.75) is 13.3 Å². The molecule has 0 aromatic heterocycles. The van der Waals surface area contributed by atoms with Crippen LogP contribution >= 0.6 is 0 Å². The number of carbonyl (C=O) groups is 1. The second kappa shape index (κ2) is 6.92. The third kappa shape index (κ3) is 9.21. The first-order valence-corrected chi connectivity index (χ1v) is 7.56. The lowest BCUT2D eigenvalue weighted by Gasteiger charge is -2.30. The quantitative estimate of drug-likeness (QED) is 0.279. The molecule has 0 rings (SSSR count). The van der Waals surface area contributed by atoms with Gasteiger partial charge in [0.1, 0.15) is 13.2 Å². The molecule has 0 radical (unpaired) electrons. The van der Waals surface area contributed by atoms with Gasteiger partial charge in [-0.05, 0) is 6.92 Å². The Kier molecular flexibility index (Phi) is 6.59. The van der Waals surface area contributed by atoms with Crippen molar-refractivity contribution in [3.8, 4) is 0 Å². The van der Waals surface area contributed by atoms with Gasteiger partial charge in [-0.2, -0.15) is 0 Å². The van der Waals surface area contributed by atoms with Gasteiger partial charge in [-0.1, -0.05) is 22.3 Å². The molecule has 0 heterocycles. The molecular weight excluding hydrogens is 254 g/mol. The minimum Gasteiger partial charge on any atom is -0.778 e. The highest BCUT2D eigenvalue weighted by Crippen LogP contribution is 2.02. The lowest BCUT2D eigenvalue weighted by atomic mass is 10.3. The Balaban J connectivity index is 3.94. The highest BCUT2D eigenvalue weighted by Gasteiger charge is 2.15. The number of carbonyl (C=O) groups excluding carboxylic acids is 1. The molecule has 0 aliphatic carbocycles. The molecule has 18 heavy (non-hydrogen) atoms. The molecule has 0 aromatic carbocycles. The number of nitrogens with zero attached hydrogens (tertiary/aromatic N) is 1. The number of ether oxygens (including phenoxy) is 1. The van der Waals surface area contributed by atoms with Crippen molar-refractivity contribution < 1.29 is 22.8 Å². The van der Waals surface area contributed by atoms with E-state index >= 15 is 0 Å². The first-order valence-electron chi connectivity index (χ1n) is 5.74. The maximum atomic E-state index is 11.2. The zero-order chi connectivity index (χ0) is 14.4. The third-order valence-electron chi connectivity index (χ3n) is 2.50. The van der Waals surface area contributed by atoms with Gasteiger partial charge in [0.05, 0.1) is 20.6 Å². The van der Waals surface area contributed by atoms with Crippen LogP contribution in [0.5, 0.6) is 0 Å². The average molecular weight is 277 g/mol. The standard InChI is InChI=1S/C12H23NO4S/c1-11(2)12(14)17-9-8-13(3,4)7-6-10-18(5,15)16/h1,5-10H2,2-4H3. The Labute approximate surface area is 110 Å². The van der Waals surface area contributed by atoms with Crippen molar-refractivity contribution in [3.05, 3.63) is 12.2 Å². The molecule has 0 aliphatic rings. The molecule has 0 bridgehead atoms. The molecular formula is C12H23NO4S. The van der Waals surface area contributed by atoms with Gasteiger partial charge in [-0.15, -0.1) is 0 Å². The maximum Gasteiger partial charge on any atom is 0.333 e. The van der Waals surface area contributed by atoms with E-state index in [0.717, 1.165) is 0 Å². The molecule has 0 aromatic rings. The van der Waals surface area contributed by atoms with Crippen LogP contribution in [0.1, 0.15) is 13.3 Å². The largest absolute Gasteiger partial charge is 0.778 e. The van der Waals surface area contributed by atoms with Crippen molar-refractivity contribution in [1.82, 2.24) is 0 Å². The van der Waals surface area contributed by atoms with E-state index in [4.69, 9.17) is 4.74 Å². The van der Waals surface area contributed by atoms with Gasteiger partial charge >= 0.3 is 5.97 Å². The van der Waals surface area contributed by atoms with Crippen molar-refractivity contribution in [3.63, 3.8) is 0 Å². The Hall–Kier alpha value is -0.850. The Bertz CT molecular complexity index is 398. The number of likely N-dealkylation sites (N-methyl/N-ethyl adjacent to an activating group) is 1. The summed E-state index contributed by atoms with van der Waals surface area (Å²) >= 11 is 0. The second-order valence-electron chi connectivity index (χ2n) is 5.10. The fourth-order valence-electron chi connectivity index (χ4n) is 1.33. The summed E-state index contributed by atoms with van der Waals surface area (Å²) in [7, 11) is 0.777. The smallest absolute Gasteiger partial charge is 0.333 e. The summed E-state index contributed by atoms with van der Waals surface area (Å²) < 4.78 is 27.4. The van der Waals surface area contributed by atoms with Crippen molar-refractivity contribution in [2.24, 2.45) is 0 Å². The SMILES string of the molecule is C=C(C)C(=O)OCC[N+](C)(C)CCCS(=C)(=O)[O-]. The number of hydrogen-bond acceptors (Lipinski definition) is 4. The lowest BCUT2D eigenvalue weighted by molar-refractivity contribution is -0.890. The van der Waals surface area contributed by atoms with Gasteiger partial charge in [-0.25, -0.2) is 4.79 Å². The molecule has 0 aliphatic heterocycles. The summed E-state index contributed by atoms with van der Waals surface area (Å²) in [6, 6.07) is 0. The zero-order valence-electron chi connectivity index (χ0n) is 11.4. The summed E-state index contributed by atoms with van der Waals surface area (Å²) in [6.45, 7) is 6.72. The summed E-state index contributed by atoms with van der Waals surface area (Å²) in [5.41, 5.74) is 0.378. The second-order valence-corrected chi connectivity index (χ2v) is 7.00. The molecule has 5 nitrogen and oxygen atoms in total. The Morgan fingerprint density at radius 2 is 1.94 bits per heavy atom. The van der Waals surface area contributed by atoms with E-state index in [1.807, 2.05) is 14.1 Å². The van der Waals surface area contributed by atoms with E-state index in [0.29, 0.717) is 36.2 Å². The highest BCUT2D eigenvalue weighted by molar-refractivity contribution is 7.94. The molecule has 0 N–H and O–H groups in total. The van der Waals surface area contributed by atoms with E-state index < -0.39 is 15.8 Å². The third-order valence-corrected chi connectivity index (χ3v) is 3.41. The van der Waals surface area contributed by atoms with E-state index in [2.05, 4.69) is 12.4 Å². The number of hydrogen-bond donors (Lipinski definition) is 0. The van der Waals surface area contributed by atoms with Gasteiger partial charge in [0.25, 0.3) is 0 Å². The molecule has 0 saturated heterocycles. The summed E-state index contributed by atoms with van der Waals surface area (Å²) in [6.07, 6.45) is 0.549. The lowest BCUT2D eigenvalue weighted by Crippen LogP contribution is -2.43. The molecule has 0 saturated carbocycles.